The van der Waals surface area contributed by atoms with Crippen LogP contribution in [0.5, 0.6) is 0 Å². The van der Waals surface area contributed by atoms with E-state index in [1.165, 1.54) is 0 Å². The van der Waals surface area contributed by atoms with E-state index in [0.717, 1.165) is 12.1 Å². The molecule has 0 aliphatic carbocycles. The molecule has 1 amide bonds. The summed E-state index contributed by atoms with van der Waals surface area (Å²) in [5, 5.41) is 0. The van der Waals surface area contributed by atoms with Crippen molar-refractivity contribution in [3.63, 3.8) is 0 Å². The molecule has 0 saturated carbocycles. The SMILES string of the molecule is C=C1CC(C(C)(C)C)C(=O)N1C. The van der Waals surface area contributed by atoms with Crippen LogP contribution >= 0.6 is 0 Å². The largest absolute Gasteiger partial charge is 0.320 e. The van der Waals surface area contributed by atoms with Crippen LogP contribution in [-0.2, 0) is 4.79 Å². The van der Waals surface area contributed by atoms with Crippen molar-refractivity contribution >= 4 is 5.91 Å². The average molecular weight is 167 g/mol. The fourth-order valence-electron chi connectivity index (χ4n) is 1.53. The molecule has 0 radical (unpaired) electrons. The van der Waals surface area contributed by atoms with Gasteiger partial charge in [0, 0.05) is 18.7 Å². The highest BCUT2D eigenvalue weighted by atomic mass is 16.2. The van der Waals surface area contributed by atoms with Gasteiger partial charge in [0.1, 0.15) is 0 Å². The van der Waals surface area contributed by atoms with Gasteiger partial charge >= 0.3 is 0 Å². The smallest absolute Gasteiger partial charge is 0.230 e. The molecule has 0 spiro atoms. The highest BCUT2D eigenvalue weighted by Crippen LogP contribution is 2.37. The second-order valence-electron chi connectivity index (χ2n) is 4.59. The number of hydrogen-bond acceptors (Lipinski definition) is 1. The standard InChI is InChI=1S/C10H17NO/c1-7-6-8(10(2,3)4)9(12)11(7)5/h8H,1,6H2,2-5H3. The van der Waals surface area contributed by atoms with Gasteiger partial charge in [-0.3, -0.25) is 4.79 Å². The van der Waals surface area contributed by atoms with Crippen LogP contribution in [0.1, 0.15) is 27.2 Å². The molecule has 0 bridgehead atoms. The van der Waals surface area contributed by atoms with Gasteiger partial charge in [0.05, 0.1) is 0 Å². The first kappa shape index (κ1) is 9.30. The molecule has 2 heteroatoms. The van der Waals surface area contributed by atoms with Crippen molar-refractivity contribution in [1.29, 1.82) is 0 Å². The van der Waals surface area contributed by atoms with E-state index in [2.05, 4.69) is 27.4 Å². The summed E-state index contributed by atoms with van der Waals surface area (Å²) in [4.78, 5) is 13.3. The fraction of sp³-hybridized carbons (Fsp3) is 0.700. The molecule has 0 aromatic heterocycles. The van der Waals surface area contributed by atoms with E-state index < -0.39 is 0 Å². The summed E-state index contributed by atoms with van der Waals surface area (Å²) in [5.74, 6) is 0.336. The first-order chi connectivity index (χ1) is 5.34. The van der Waals surface area contributed by atoms with Crippen LogP contribution in [0.25, 0.3) is 0 Å². The van der Waals surface area contributed by atoms with E-state index in [1.54, 1.807) is 11.9 Å². The highest BCUT2D eigenvalue weighted by molar-refractivity contribution is 5.84. The molecule has 1 atom stereocenters. The maximum atomic E-state index is 11.6. The average Bonchev–Trinajstić information content (AvgIpc) is 2.15. The summed E-state index contributed by atoms with van der Waals surface area (Å²) in [5.41, 5.74) is 1.00. The molecule has 1 unspecified atom stereocenters. The van der Waals surface area contributed by atoms with Crippen molar-refractivity contribution in [3.8, 4) is 0 Å². The Morgan fingerprint density at radius 1 is 1.50 bits per heavy atom. The van der Waals surface area contributed by atoms with Gasteiger partial charge in [0.25, 0.3) is 0 Å². The molecule has 0 N–H and O–H groups in total. The van der Waals surface area contributed by atoms with Crippen LogP contribution in [-0.4, -0.2) is 17.9 Å². The first-order valence-electron chi connectivity index (χ1n) is 4.29. The van der Waals surface area contributed by atoms with E-state index in [-0.39, 0.29) is 17.2 Å². The highest BCUT2D eigenvalue weighted by Gasteiger charge is 2.39. The Bertz CT molecular complexity index is 224. The van der Waals surface area contributed by atoms with E-state index >= 15 is 0 Å². The van der Waals surface area contributed by atoms with Crippen LogP contribution in [0.15, 0.2) is 12.3 Å². The zero-order valence-corrected chi connectivity index (χ0v) is 8.35. The maximum Gasteiger partial charge on any atom is 0.230 e. The van der Waals surface area contributed by atoms with Crippen molar-refractivity contribution < 1.29 is 4.79 Å². The lowest BCUT2D eigenvalue weighted by Crippen LogP contribution is -2.29. The quantitative estimate of drug-likeness (QED) is 0.540. The van der Waals surface area contributed by atoms with Gasteiger partial charge in [-0.1, -0.05) is 27.4 Å². The summed E-state index contributed by atoms with van der Waals surface area (Å²) in [6.45, 7) is 10.2. The summed E-state index contributed by atoms with van der Waals surface area (Å²) in [7, 11) is 1.80. The predicted molar refractivity (Wildman–Crippen MR) is 49.5 cm³/mol. The fourth-order valence-corrected chi connectivity index (χ4v) is 1.53. The van der Waals surface area contributed by atoms with Crippen LogP contribution in [0.4, 0.5) is 0 Å². The summed E-state index contributed by atoms with van der Waals surface area (Å²) < 4.78 is 0. The molecular weight excluding hydrogens is 150 g/mol. The normalized spacial score (nSPS) is 25.3. The van der Waals surface area contributed by atoms with Crippen LogP contribution < -0.4 is 0 Å². The molecule has 1 fully saturated rings. The number of nitrogens with zero attached hydrogens (tertiary/aromatic N) is 1. The summed E-state index contributed by atoms with van der Waals surface area (Å²) >= 11 is 0. The lowest BCUT2D eigenvalue weighted by atomic mass is 9.79. The maximum absolute atomic E-state index is 11.6. The van der Waals surface area contributed by atoms with Crippen LogP contribution in [0.2, 0.25) is 0 Å². The third-order valence-electron chi connectivity index (χ3n) is 2.59. The van der Waals surface area contributed by atoms with E-state index in [1.807, 2.05) is 0 Å². The number of rotatable bonds is 0. The zero-order chi connectivity index (χ0) is 9.52. The Kier molecular flexibility index (Phi) is 2.02. The predicted octanol–water partition coefficient (Wildman–Crippen LogP) is 2.02. The molecule has 1 saturated heterocycles. The van der Waals surface area contributed by atoms with Gasteiger partial charge in [-0.05, 0) is 11.8 Å². The number of hydrogen-bond donors (Lipinski definition) is 0. The Hall–Kier alpha value is -0.790. The minimum atomic E-state index is 0.0603. The van der Waals surface area contributed by atoms with Crippen molar-refractivity contribution in [1.82, 2.24) is 4.90 Å². The van der Waals surface area contributed by atoms with E-state index in [9.17, 15) is 4.79 Å². The summed E-state index contributed by atoms with van der Waals surface area (Å²) in [6, 6.07) is 0. The molecule has 1 heterocycles. The molecule has 1 rings (SSSR count). The lowest BCUT2D eigenvalue weighted by molar-refractivity contribution is -0.131. The second-order valence-corrected chi connectivity index (χ2v) is 4.59. The van der Waals surface area contributed by atoms with Crippen LogP contribution in [0, 0.1) is 11.3 Å². The first-order valence-corrected chi connectivity index (χ1v) is 4.29. The van der Waals surface area contributed by atoms with E-state index in [0.29, 0.717) is 0 Å². The molecule has 12 heavy (non-hydrogen) atoms. The number of carbonyl (C=O) groups is 1. The summed E-state index contributed by atoms with van der Waals surface area (Å²) in [6.07, 6.45) is 0.818. The molecule has 0 aromatic rings. The van der Waals surface area contributed by atoms with Gasteiger partial charge in [-0.15, -0.1) is 0 Å². The monoisotopic (exact) mass is 167 g/mol. The van der Waals surface area contributed by atoms with Gasteiger partial charge in [-0.2, -0.15) is 0 Å². The molecule has 1 aliphatic rings. The zero-order valence-electron chi connectivity index (χ0n) is 8.35. The van der Waals surface area contributed by atoms with Crippen molar-refractivity contribution in [3.05, 3.63) is 12.3 Å². The molecule has 2 nitrogen and oxygen atoms in total. The van der Waals surface area contributed by atoms with Crippen molar-refractivity contribution in [2.24, 2.45) is 11.3 Å². The lowest BCUT2D eigenvalue weighted by Gasteiger charge is -2.24. The third-order valence-corrected chi connectivity index (χ3v) is 2.59. The van der Waals surface area contributed by atoms with Crippen molar-refractivity contribution in [2.45, 2.75) is 27.2 Å². The Morgan fingerprint density at radius 2 is 2.00 bits per heavy atom. The minimum Gasteiger partial charge on any atom is -0.320 e. The molecule has 1 aliphatic heterocycles. The van der Waals surface area contributed by atoms with E-state index in [4.69, 9.17) is 0 Å². The number of amides is 1. The van der Waals surface area contributed by atoms with Gasteiger partial charge < -0.3 is 4.90 Å². The molecule has 0 aromatic carbocycles. The van der Waals surface area contributed by atoms with Crippen molar-refractivity contribution in [2.75, 3.05) is 7.05 Å². The minimum absolute atomic E-state index is 0.0603. The number of allylic oxidation sites excluding steroid dienone is 1. The third kappa shape index (κ3) is 1.38. The second kappa shape index (κ2) is 2.61. The van der Waals surface area contributed by atoms with Crippen LogP contribution in [0.3, 0.4) is 0 Å². The van der Waals surface area contributed by atoms with Gasteiger partial charge in [0.15, 0.2) is 0 Å². The molecule has 68 valence electrons. The van der Waals surface area contributed by atoms with Gasteiger partial charge in [0.2, 0.25) is 5.91 Å². The van der Waals surface area contributed by atoms with Gasteiger partial charge in [-0.25, -0.2) is 0 Å². The number of carbonyl (C=O) groups excluding carboxylic acids is 1. The Balaban J connectivity index is 2.86. The topological polar surface area (TPSA) is 20.3 Å². The Morgan fingerprint density at radius 3 is 2.17 bits per heavy atom. The Labute approximate surface area is 74.2 Å². The molecular formula is C10H17NO. The number of likely N-dealkylation sites (tertiary alicyclic amines) is 1.